The summed E-state index contributed by atoms with van der Waals surface area (Å²) in [6.45, 7) is 6.03. The second-order valence-electron chi connectivity index (χ2n) is 9.34. The van der Waals surface area contributed by atoms with E-state index in [1.807, 2.05) is 79.7 Å². The van der Waals surface area contributed by atoms with Crippen molar-refractivity contribution in [3.63, 3.8) is 0 Å². The number of thiazole rings is 1. The smallest absolute Gasteiger partial charge is 0.338 e. The quantitative estimate of drug-likeness (QED) is 0.315. The highest BCUT2D eigenvalue weighted by Gasteiger charge is 2.33. The first-order valence-corrected chi connectivity index (χ1v) is 13.7. The summed E-state index contributed by atoms with van der Waals surface area (Å²) < 4.78 is 13.3. The molecule has 0 fully saturated rings. The Bertz CT molecular complexity index is 1830. The maximum atomic E-state index is 13.7. The molecule has 1 aromatic heterocycles. The molecule has 40 heavy (non-hydrogen) atoms. The Kier molecular flexibility index (Phi) is 7.76. The van der Waals surface area contributed by atoms with Crippen molar-refractivity contribution in [2.45, 2.75) is 33.4 Å². The van der Waals surface area contributed by atoms with E-state index in [9.17, 15) is 14.9 Å². The number of aryl methyl sites for hydroxylation is 1. The number of hydrogen-bond donors (Lipinski definition) is 0. The van der Waals surface area contributed by atoms with Crippen molar-refractivity contribution >= 4 is 23.4 Å². The van der Waals surface area contributed by atoms with Crippen molar-refractivity contribution in [2.75, 3.05) is 6.61 Å². The highest BCUT2D eigenvalue weighted by molar-refractivity contribution is 7.07. The van der Waals surface area contributed by atoms with Gasteiger partial charge in [-0.3, -0.25) is 9.36 Å². The Morgan fingerprint density at radius 1 is 1.07 bits per heavy atom. The van der Waals surface area contributed by atoms with E-state index in [0.717, 1.165) is 22.3 Å². The van der Waals surface area contributed by atoms with Crippen LogP contribution in [-0.4, -0.2) is 17.1 Å². The van der Waals surface area contributed by atoms with E-state index in [4.69, 9.17) is 9.47 Å². The van der Waals surface area contributed by atoms with Crippen LogP contribution in [0.25, 0.3) is 6.08 Å². The van der Waals surface area contributed by atoms with Crippen LogP contribution in [0.15, 0.2) is 93.9 Å². The number of nitriles is 1. The molecule has 0 saturated carbocycles. The molecule has 200 valence electrons. The minimum absolute atomic E-state index is 0.225. The van der Waals surface area contributed by atoms with Crippen LogP contribution in [0.4, 0.5) is 0 Å². The van der Waals surface area contributed by atoms with Crippen molar-refractivity contribution in [3.8, 4) is 11.8 Å². The molecule has 1 aliphatic heterocycles. The Labute approximate surface area is 235 Å². The molecule has 0 radical (unpaired) electrons. The zero-order valence-electron chi connectivity index (χ0n) is 22.4. The van der Waals surface area contributed by atoms with E-state index in [1.54, 1.807) is 24.5 Å². The van der Waals surface area contributed by atoms with Crippen LogP contribution in [0.1, 0.15) is 47.7 Å². The van der Waals surface area contributed by atoms with E-state index >= 15 is 0 Å². The van der Waals surface area contributed by atoms with Gasteiger partial charge in [-0.1, -0.05) is 71.5 Å². The molecule has 3 aromatic carbocycles. The molecule has 2 heterocycles. The van der Waals surface area contributed by atoms with Gasteiger partial charge >= 0.3 is 5.97 Å². The second-order valence-corrected chi connectivity index (χ2v) is 10.3. The predicted octanol–water partition coefficient (Wildman–Crippen LogP) is 4.56. The largest absolute Gasteiger partial charge is 0.489 e. The fraction of sp³-hybridized carbons (Fsp3) is 0.188. The van der Waals surface area contributed by atoms with E-state index in [2.05, 4.69) is 11.1 Å². The van der Waals surface area contributed by atoms with Gasteiger partial charge in [-0.25, -0.2) is 9.79 Å². The van der Waals surface area contributed by atoms with Crippen molar-refractivity contribution in [2.24, 2.45) is 4.99 Å². The molecule has 0 spiro atoms. The molecule has 1 aliphatic rings. The van der Waals surface area contributed by atoms with Gasteiger partial charge in [0.1, 0.15) is 12.4 Å². The molecule has 4 aromatic rings. The summed E-state index contributed by atoms with van der Waals surface area (Å²) in [7, 11) is 0. The lowest BCUT2D eigenvalue weighted by Gasteiger charge is -2.24. The van der Waals surface area contributed by atoms with Crippen LogP contribution in [0.2, 0.25) is 0 Å². The average Bonchev–Trinajstić information content (AvgIpc) is 3.26. The highest BCUT2D eigenvalue weighted by Crippen LogP contribution is 2.30. The molecule has 0 amide bonds. The van der Waals surface area contributed by atoms with Crippen molar-refractivity contribution < 1.29 is 14.3 Å². The minimum atomic E-state index is -0.634. The number of rotatable bonds is 7. The number of carbonyl (C=O) groups is 1. The second kappa shape index (κ2) is 11.6. The monoisotopic (exact) mass is 549 g/mol. The first-order chi connectivity index (χ1) is 19.4. The topological polar surface area (TPSA) is 93.7 Å². The fourth-order valence-electron chi connectivity index (χ4n) is 4.58. The van der Waals surface area contributed by atoms with Gasteiger partial charge in [0.25, 0.3) is 5.56 Å². The Hall–Kier alpha value is -4.74. The number of carbonyl (C=O) groups excluding carboxylic acids is 1. The SMILES string of the molecule is CCOC(=O)C1=C(C)N=c2s/c(=C/c3ccc(OCc4ccccc4C#N)cc3)c(=O)n2[C@@H]1c1ccc(C)cc1. The van der Waals surface area contributed by atoms with Gasteiger partial charge in [-0.15, -0.1) is 0 Å². The van der Waals surface area contributed by atoms with Crippen LogP contribution < -0.4 is 19.6 Å². The third-order valence-electron chi connectivity index (χ3n) is 6.62. The summed E-state index contributed by atoms with van der Waals surface area (Å²) in [5.41, 5.74) is 4.79. The van der Waals surface area contributed by atoms with Gasteiger partial charge in [0.2, 0.25) is 0 Å². The molecule has 8 heteroatoms. The lowest BCUT2D eigenvalue weighted by Crippen LogP contribution is -2.39. The number of esters is 1. The molecular weight excluding hydrogens is 522 g/mol. The van der Waals surface area contributed by atoms with Crippen LogP contribution in [0.3, 0.4) is 0 Å². The van der Waals surface area contributed by atoms with Gasteiger partial charge in [-0.05, 0) is 56.2 Å². The number of ether oxygens (including phenoxy) is 2. The average molecular weight is 550 g/mol. The zero-order chi connectivity index (χ0) is 28.2. The summed E-state index contributed by atoms with van der Waals surface area (Å²) in [5, 5.41) is 9.28. The van der Waals surface area contributed by atoms with E-state index < -0.39 is 12.0 Å². The number of hydrogen-bond acceptors (Lipinski definition) is 7. The van der Waals surface area contributed by atoms with E-state index in [1.165, 1.54) is 11.3 Å². The molecule has 7 nitrogen and oxygen atoms in total. The normalized spacial score (nSPS) is 14.8. The maximum absolute atomic E-state index is 13.7. The molecule has 0 aliphatic carbocycles. The van der Waals surface area contributed by atoms with Gasteiger partial charge in [-0.2, -0.15) is 5.26 Å². The Morgan fingerprint density at radius 3 is 2.50 bits per heavy atom. The third-order valence-corrected chi connectivity index (χ3v) is 7.60. The number of aromatic nitrogens is 1. The van der Waals surface area contributed by atoms with Crippen molar-refractivity contribution in [3.05, 3.63) is 132 Å². The maximum Gasteiger partial charge on any atom is 0.338 e. The molecule has 5 rings (SSSR count). The van der Waals surface area contributed by atoms with E-state index in [-0.39, 0.29) is 18.8 Å². The molecule has 0 saturated heterocycles. The van der Waals surface area contributed by atoms with Gasteiger partial charge < -0.3 is 9.47 Å². The van der Waals surface area contributed by atoms with Crippen molar-refractivity contribution in [1.82, 2.24) is 4.57 Å². The lowest BCUT2D eigenvalue weighted by atomic mass is 9.95. The molecular formula is C32H27N3O4S. The van der Waals surface area contributed by atoms with E-state index in [0.29, 0.717) is 31.9 Å². The van der Waals surface area contributed by atoms with Gasteiger partial charge in [0.05, 0.1) is 40.1 Å². The molecule has 0 unspecified atom stereocenters. The fourth-order valence-corrected chi connectivity index (χ4v) is 5.63. The summed E-state index contributed by atoms with van der Waals surface area (Å²) in [5.74, 6) is 0.178. The van der Waals surface area contributed by atoms with Crippen LogP contribution in [0, 0.1) is 18.3 Å². The highest BCUT2D eigenvalue weighted by atomic mass is 32.1. The Morgan fingerprint density at radius 2 is 1.80 bits per heavy atom. The Balaban J connectivity index is 1.49. The number of nitrogens with zero attached hydrogens (tertiary/aromatic N) is 3. The van der Waals surface area contributed by atoms with Gasteiger partial charge in [0.15, 0.2) is 4.80 Å². The first kappa shape index (κ1) is 26.9. The molecule has 0 bridgehead atoms. The summed E-state index contributed by atoms with van der Waals surface area (Å²) >= 11 is 1.29. The summed E-state index contributed by atoms with van der Waals surface area (Å²) in [6.07, 6.45) is 1.81. The van der Waals surface area contributed by atoms with Crippen molar-refractivity contribution in [1.29, 1.82) is 5.26 Å². The van der Waals surface area contributed by atoms with Crippen LogP contribution in [0.5, 0.6) is 5.75 Å². The number of benzene rings is 3. The van der Waals surface area contributed by atoms with Crippen LogP contribution >= 0.6 is 11.3 Å². The molecule has 1 atom stereocenters. The molecule has 0 N–H and O–H groups in total. The standard InChI is InChI=1S/C32H27N3O4S/c1-4-38-31(37)28-21(3)34-32-35(29(28)23-13-9-20(2)10-14-23)30(36)27(40-32)17-22-11-15-26(16-12-22)39-19-25-8-6-5-7-24(25)18-33/h5-17,29H,4,19H2,1-3H3/b27-17+/t29-/m1/s1. The predicted molar refractivity (Wildman–Crippen MR) is 154 cm³/mol. The minimum Gasteiger partial charge on any atom is -0.489 e. The lowest BCUT2D eigenvalue weighted by molar-refractivity contribution is -0.139. The third kappa shape index (κ3) is 5.37. The summed E-state index contributed by atoms with van der Waals surface area (Å²) in [6, 6.07) is 24.1. The first-order valence-electron chi connectivity index (χ1n) is 12.9. The zero-order valence-corrected chi connectivity index (χ0v) is 23.2. The van der Waals surface area contributed by atoms with Gasteiger partial charge in [0, 0.05) is 5.56 Å². The number of allylic oxidation sites excluding steroid dienone is 1. The number of fused-ring (bicyclic) bond motifs is 1. The summed E-state index contributed by atoms with van der Waals surface area (Å²) in [4.78, 5) is 31.9. The van der Waals surface area contributed by atoms with Crippen LogP contribution in [-0.2, 0) is 16.1 Å².